The molecule has 0 spiro atoms. The molecule has 8 heteroatoms. The van der Waals surface area contributed by atoms with Crippen LogP contribution in [0.2, 0.25) is 0 Å². The molecule has 1 N–H and O–H groups in total. The van der Waals surface area contributed by atoms with Gasteiger partial charge in [0.1, 0.15) is 5.82 Å². The van der Waals surface area contributed by atoms with Crippen LogP contribution in [0, 0.1) is 17.5 Å². The van der Waals surface area contributed by atoms with Gasteiger partial charge >= 0.3 is 12.3 Å². The Morgan fingerprint density at radius 3 is 2.58 bits per heavy atom. The van der Waals surface area contributed by atoms with Gasteiger partial charge in [0.25, 0.3) is 0 Å². The van der Waals surface area contributed by atoms with Crippen LogP contribution in [-0.4, -0.2) is 21.9 Å². The summed E-state index contributed by atoms with van der Waals surface area (Å²) in [6, 6.07) is 2.38. The number of alkyl halides is 4. The normalized spacial score (nSPS) is 12.6. The fourth-order valence-corrected chi connectivity index (χ4v) is 1.99. The molecule has 1 aromatic carbocycles. The monoisotopic (exact) mass is 296 g/mol. The van der Waals surface area contributed by atoms with Gasteiger partial charge in [0.2, 0.25) is 0 Å². The number of imidazole rings is 1. The van der Waals surface area contributed by atoms with E-state index in [-0.39, 0.29) is 21.4 Å². The van der Waals surface area contributed by atoms with Crippen LogP contribution in [0.15, 0.2) is 12.1 Å². The third kappa shape index (κ3) is 2.49. The first-order valence-corrected chi connectivity index (χ1v) is 5.68. The Kier molecular flexibility index (Phi) is 3.38. The van der Waals surface area contributed by atoms with Crippen LogP contribution < -0.4 is 0 Å². The fraction of sp³-hybridized carbons (Fsp3) is 0.364. The van der Waals surface area contributed by atoms with Crippen molar-refractivity contribution in [2.45, 2.75) is 25.8 Å². The largest absolute Gasteiger partial charge is 0.330 e. The van der Waals surface area contributed by atoms with Crippen molar-refractivity contribution in [3.63, 3.8) is 0 Å². The van der Waals surface area contributed by atoms with E-state index in [2.05, 4.69) is 4.98 Å². The van der Waals surface area contributed by atoms with Crippen molar-refractivity contribution in [1.29, 1.82) is 0 Å². The maximum Gasteiger partial charge on any atom is 0.324 e. The van der Waals surface area contributed by atoms with Crippen LogP contribution in [0.4, 0.5) is 22.0 Å². The lowest BCUT2D eigenvalue weighted by molar-refractivity contribution is -0.137. The molecule has 104 valence electrons. The van der Waals surface area contributed by atoms with Crippen LogP contribution in [0.25, 0.3) is 11.0 Å². The molecular formula is C11H9F5N2S. The third-order valence-corrected chi connectivity index (χ3v) is 3.07. The number of aryl methyl sites for hydroxylation is 1. The van der Waals surface area contributed by atoms with E-state index >= 15 is 0 Å². The van der Waals surface area contributed by atoms with Gasteiger partial charge in [0.15, 0.2) is 4.77 Å². The summed E-state index contributed by atoms with van der Waals surface area (Å²) in [6.45, 7) is 0.189. The average Bonchev–Trinajstić information content (AvgIpc) is 2.56. The summed E-state index contributed by atoms with van der Waals surface area (Å²) in [7, 11) is 0. The summed E-state index contributed by atoms with van der Waals surface area (Å²) >= 11 is 4.80. The molecule has 1 aromatic heterocycles. The lowest BCUT2D eigenvalue weighted by Crippen LogP contribution is -2.32. The van der Waals surface area contributed by atoms with E-state index in [1.54, 1.807) is 0 Å². The second-order valence-corrected chi connectivity index (χ2v) is 4.58. The Hall–Kier alpha value is -1.44. The standard InChI is InChI=1S/C11H9F5N2S/c1-5-2-8-7(3-6(5)12)17-10(19)18(8)4-11(15,16)9(13)14/h2-3,9H,4H2,1H3,(H,17,19). The van der Waals surface area contributed by atoms with E-state index in [0.717, 1.165) is 10.6 Å². The SMILES string of the molecule is Cc1cc2c(cc1F)[nH]c(=S)n2CC(F)(F)C(F)F. The quantitative estimate of drug-likeness (QED) is 0.669. The Bertz CT molecular complexity index is 674. The van der Waals surface area contributed by atoms with Crippen molar-refractivity contribution in [2.75, 3.05) is 0 Å². The lowest BCUT2D eigenvalue weighted by Gasteiger charge is -2.16. The molecule has 0 unspecified atom stereocenters. The van der Waals surface area contributed by atoms with Crippen LogP contribution in [0.3, 0.4) is 0 Å². The molecular weight excluding hydrogens is 287 g/mol. The number of rotatable bonds is 3. The summed E-state index contributed by atoms with van der Waals surface area (Å²) in [4.78, 5) is 2.52. The van der Waals surface area contributed by atoms with Gasteiger partial charge in [0.05, 0.1) is 17.6 Å². The number of aromatic amines is 1. The Morgan fingerprint density at radius 2 is 2.00 bits per heavy atom. The first-order chi connectivity index (χ1) is 8.72. The molecule has 0 saturated carbocycles. The Labute approximate surface area is 109 Å². The van der Waals surface area contributed by atoms with E-state index in [1.807, 2.05) is 0 Å². The molecule has 2 nitrogen and oxygen atoms in total. The van der Waals surface area contributed by atoms with Crippen molar-refractivity contribution >= 4 is 23.3 Å². The smallest absolute Gasteiger partial charge is 0.324 e. The van der Waals surface area contributed by atoms with E-state index < -0.39 is 24.7 Å². The number of halogens is 5. The second kappa shape index (κ2) is 4.59. The zero-order valence-electron chi connectivity index (χ0n) is 9.68. The van der Waals surface area contributed by atoms with Gasteiger partial charge in [-0.25, -0.2) is 13.2 Å². The molecule has 0 bridgehead atoms. The molecule has 0 radical (unpaired) electrons. The van der Waals surface area contributed by atoms with Gasteiger partial charge in [-0.2, -0.15) is 8.78 Å². The van der Waals surface area contributed by atoms with E-state index in [0.29, 0.717) is 0 Å². The summed E-state index contributed by atoms with van der Waals surface area (Å²) < 4.78 is 64.6. The molecule has 0 aliphatic rings. The zero-order valence-corrected chi connectivity index (χ0v) is 10.5. The number of hydrogen-bond donors (Lipinski definition) is 1. The zero-order chi connectivity index (χ0) is 14.4. The summed E-state index contributed by atoms with van der Waals surface area (Å²) in [6.07, 6.45) is -3.79. The average molecular weight is 296 g/mol. The number of benzene rings is 1. The van der Waals surface area contributed by atoms with Crippen molar-refractivity contribution < 1.29 is 22.0 Å². The van der Waals surface area contributed by atoms with Crippen molar-refractivity contribution in [2.24, 2.45) is 0 Å². The van der Waals surface area contributed by atoms with Gasteiger partial charge in [-0.05, 0) is 36.8 Å². The van der Waals surface area contributed by atoms with Crippen LogP contribution in [-0.2, 0) is 6.54 Å². The Balaban J connectivity index is 2.58. The summed E-state index contributed by atoms with van der Waals surface area (Å²) in [5, 5.41) is 0. The molecule has 0 fully saturated rings. The van der Waals surface area contributed by atoms with E-state index in [1.165, 1.54) is 13.0 Å². The predicted octanol–water partition coefficient (Wildman–Crippen LogP) is 4.05. The van der Waals surface area contributed by atoms with Gasteiger partial charge in [-0.15, -0.1) is 0 Å². The number of hydrogen-bond acceptors (Lipinski definition) is 1. The molecule has 0 amide bonds. The fourth-order valence-electron chi connectivity index (χ4n) is 1.72. The van der Waals surface area contributed by atoms with E-state index in [9.17, 15) is 22.0 Å². The molecule has 0 aliphatic carbocycles. The van der Waals surface area contributed by atoms with Crippen molar-refractivity contribution in [3.8, 4) is 0 Å². The molecule has 0 aliphatic heterocycles. The molecule has 19 heavy (non-hydrogen) atoms. The topological polar surface area (TPSA) is 20.7 Å². The minimum Gasteiger partial charge on any atom is -0.330 e. The highest BCUT2D eigenvalue weighted by atomic mass is 32.1. The lowest BCUT2D eigenvalue weighted by atomic mass is 10.2. The van der Waals surface area contributed by atoms with Gasteiger partial charge in [-0.3, -0.25) is 0 Å². The van der Waals surface area contributed by atoms with Gasteiger partial charge in [-0.1, -0.05) is 0 Å². The highest BCUT2D eigenvalue weighted by Gasteiger charge is 2.41. The number of nitrogens with zero attached hydrogens (tertiary/aromatic N) is 1. The van der Waals surface area contributed by atoms with Crippen molar-refractivity contribution in [3.05, 3.63) is 28.3 Å². The number of fused-ring (bicyclic) bond motifs is 1. The molecule has 0 saturated heterocycles. The summed E-state index contributed by atoms with van der Waals surface area (Å²) in [5.41, 5.74) is 0.581. The molecule has 0 atom stereocenters. The number of nitrogens with one attached hydrogen (secondary N) is 1. The van der Waals surface area contributed by atoms with Crippen LogP contribution in [0.1, 0.15) is 5.56 Å². The molecule has 2 rings (SSSR count). The van der Waals surface area contributed by atoms with Crippen LogP contribution >= 0.6 is 12.2 Å². The van der Waals surface area contributed by atoms with Gasteiger partial charge < -0.3 is 9.55 Å². The minimum atomic E-state index is -4.20. The number of aromatic nitrogens is 2. The minimum absolute atomic E-state index is 0.152. The predicted molar refractivity (Wildman–Crippen MR) is 62.8 cm³/mol. The first-order valence-electron chi connectivity index (χ1n) is 5.27. The van der Waals surface area contributed by atoms with E-state index in [4.69, 9.17) is 12.2 Å². The third-order valence-electron chi connectivity index (χ3n) is 2.74. The summed E-state index contributed by atoms with van der Waals surface area (Å²) in [5.74, 6) is -4.73. The maximum absolute atomic E-state index is 13.3. The second-order valence-electron chi connectivity index (χ2n) is 4.20. The number of H-pyrrole nitrogens is 1. The molecule has 1 heterocycles. The first kappa shape index (κ1) is 14.0. The maximum atomic E-state index is 13.3. The van der Waals surface area contributed by atoms with Gasteiger partial charge in [0, 0.05) is 0 Å². The van der Waals surface area contributed by atoms with Crippen LogP contribution in [0.5, 0.6) is 0 Å². The highest BCUT2D eigenvalue weighted by molar-refractivity contribution is 7.71. The Morgan fingerprint density at radius 1 is 1.37 bits per heavy atom. The highest BCUT2D eigenvalue weighted by Crippen LogP contribution is 2.27. The van der Waals surface area contributed by atoms with Crippen molar-refractivity contribution in [1.82, 2.24) is 9.55 Å². The molecule has 2 aromatic rings.